The second-order valence-electron chi connectivity index (χ2n) is 4.33. The van der Waals surface area contributed by atoms with Crippen LogP contribution in [0.1, 0.15) is 39.8 Å². The zero-order chi connectivity index (χ0) is 14.5. The fourth-order valence-corrected chi connectivity index (χ4v) is 2.54. The summed E-state index contributed by atoms with van der Waals surface area (Å²) < 4.78 is 9.85. The number of ether oxygens (including phenoxy) is 1. The van der Waals surface area contributed by atoms with Crippen LogP contribution in [0.4, 0.5) is 0 Å². The number of carbonyl (C=O) groups is 1. The molecule has 0 spiro atoms. The Morgan fingerprint density at radius 3 is 2.95 bits per heavy atom. The second-order valence-corrected chi connectivity index (χ2v) is 5.65. The van der Waals surface area contributed by atoms with Gasteiger partial charge in [0.1, 0.15) is 0 Å². The number of rotatable bonds is 5. The number of methoxy groups -OCH3 is 1. The molecule has 0 saturated carbocycles. The third kappa shape index (κ3) is 3.60. The number of nitrogens with zero attached hydrogens (tertiary/aromatic N) is 2. The summed E-state index contributed by atoms with van der Waals surface area (Å²) in [4.78, 5) is 15.7. The van der Waals surface area contributed by atoms with Crippen molar-refractivity contribution in [3.8, 4) is 0 Å². The van der Waals surface area contributed by atoms with Crippen molar-refractivity contribution < 1.29 is 14.1 Å². The van der Waals surface area contributed by atoms with Crippen molar-refractivity contribution in [3.05, 3.63) is 47.1 Å². The van der Waals surface area contributed by atoms with Crippen molar-refractivity contribution in [2.45, 2.75) is 24.9 Å². The largest absolute Gasteiger partial charge is 0.465 e. The van der Waals surface area contributed by atoms with E-state index in [0.717, 1.165) is 11.3 Å². The molecular formula is C14H16N2O3S. The summed E-state index contributed by atoms with van der Waals surface area (Å²) in [5, 5.41) is 3.89. The molecule has 0 amide bonds. The van der Waals surface area contributed by atoms with Crippen LogP contribution in [0.3, 0.4) is 0 Å². The number of thioether (sulfide) groups is 1. The summed E-state index contributed by atoms with van der Waals surface area (Å²) in [7, 11) is 1.38. The van der Waals surface area contributed by atoms with Gasteiger partial charge < -0.3 is 9.26 Å². The molecule has 1 aromatic carbocycles. The van der Waals surface area contributed by atoms with E-state index in [1.807, 2.05) is 25.1 Å². The maximum absolute atomic E-state index is 11.5. The summed E-state index contributed by atoms with van der Waals surface area (Å²) in [6.45, 7) is 3.81. The van der Waals surface area contributed by atoms with Crippen LogP contribution >= 0.6 is 11.8 Å². The maximum atomic E-state index is 11.5. The first-order valence-electron chi connectivity index (χ1n) is 6.19. The zero-order valence-corrected chi connectivity index (χ0v) is 12.4. The number of aromatic nitrogens is 2. The Morgan fingerprint density at radius 1 is 1.50 bits per heavy atom. The number of hydrogen-bond donors (Lipinski definition) is 0. The lowest BCUT2D eigenvalue weighted by atomic mass is 10.1. The van der Waals surface area contributed by atoms with E-state index in [2.05, 4.69) is 10.1 Å². The molecule has 0 aliphatic heterocycles. The molecule has 2 aromatic rings. The summed E-state index contributed by atoms with van der Waals surface area (Å²) in [5.41, 5.74) is 1.62. The Bertz CT molecular complexity index is 598. The Balaban J connectivity index is 1.98. The van der Waals surface area contributed by atoms with E-state index in [1.165, 1.54) is 7.11 Å². The van der Waals surface area contributed by atoms with E-state index in [9.17, 15) is 4.79 Å². The number of carbonyl (C=O) groups excluding carboxylic acids is 1. The third-order valence-corrected chi connectivity index (χ3v) is 3.94. The van der Waals surface area contributed by atoms with Crippen molar-refractivity contribution in [2.24, 2.45) is 0 Å². The smallest absolute Gasteiger partial charge is 0.337 e. The molecule has 1 unspecified atom stereocenters. The topological polar surface area (TPSA) is 65.2 Å². The molecule has 1 atom stereocenters. The van der Waals surface area contributed by atoms with Gasteiger partial charge in [0, 0.05) is 5.75 Å². The predicted molar refractivity (Wildman–Crippen MR) is 76.5 cm³/mol. The van der Waals surface area contributed by atoms with Gasteiger partial charge in [0.2, 0.25) is 5.89 Å². The van der Waals surface area contributed by atoms with Crippen LogP contribution in [0.15, 0.2) is 28.8 Å². The lowest BCUT2D eigenvalue weighted by molar-refractivity contribution is 0.0600. The van der Waals surface area contributed by atoms with Gasteiger partial charge in [0.25, 0.3) is 0 Å². The van der Waals surface area contributed by atoms with Gasteiger partial charge in [-0.05, 0) is 31.5 Å². The zero-order valence-electron chi connectivity index (χ0n) is 11.6. The molecule has 0 saturated heterocycles. The fraction of sp³-hybridized carbons (Fsp3) is 0.357. The van der Waals surface area contributed by atoms with Crippen LogP contribution < -0.4 is 0 Å². The van der Waals surface area contributed by atoms with Gasteiger partial charge in [0.05, 0.1) is 17.9 Å². The molecular weight excluding hydrogens is 276 g/mol. The second kappa shape index (κ2) is 6.56. The molecule has 0 aliphatic rings. The van der Waals surface area contributed by atoms with Crippen LogP contribution in [0.2, 0.25) is 0 Å². The molecule has 20 heavy (non-hydrogen) atoms. The highest BCUT2D eigenvalue weighted by Gasteiger charge is 2.14. The van der Waals surface area contributed by atoms with Crippen LogP contribution in [-0.2, 0) is 10.5 Å². The Morgan fingerprint density at radius 2 is 2.30 bits per heavy atom. The van der Waals surface area contributed by atoms with Crippen molar-refractivity contribution >= 4 is 17.7 Å². The Kier molecular flexibility index (Phi) is 4.79. The van der Waals surface area contributed by atoms with Crippen LogP contribution in [0.25, 0.3) is 0 Å². The van der Waals surface area contributed by atoms with Gasteiger partial charge in [-0.25, -0.2) is 4.79 Å². The van der Waals surface area contributed by atoms with E-state index in [4.69, 9.17) is 9.26 Å². The maximum Gasteiger partial charge on any atom is 0.337 e. The molecule has 1 heterocycles. The van der Waals surface area contributed by atoms with E-state index in [1.54, 1.807) is 24.8 Å². The minimum atomic E-state index is -0.322. The molecule has 0 fully saturated rings. The molecule has 6 heteroatoms. The van der Waals surface area contributed by atoms with Crippen molar-refractivity contribution in [1.82, 2.24) is 10.1 Å². The normalized spacial score (nSPS) is 12.2. The number of benzene rings is 1. The highest BCUT2D eigenvalue weighted by Crippen LogP contribution is 2.30. The highest BCUT2D eigenvalue weighted by atomic mass is 32.2. The first-order chi connectivity index (χ1) is 9.60. The van der Waals surface area contributed by atoms with E-state index < -0.39 is 0 Å². The van der Waals surface area contributed by atoms with Crippen molar-refractivity contribution in [2.75, 3.05) is 7.11 Å². The van der Waals surface area contributed by atoms with Crippen LogP contribution in [0.5, 0.6) is 0 Å². The van der Waals surface area contributed by atoms with Crippen LogP contribution in [-0.4, -0.2) is 23.2 Å². The molecule has 0 bridgehead atoms. The Hall–Kier alpha value is -1.82. The Labute approximate surface area is 121 Å². The minimum Gasteiger partial charge on any atom is -0.465 e. The van der Waals surface area contributed by atoms with Crippen molar-refractivity contribution in [1.29, 1.82) is 0 Å². The standard InChI is InChI=1S/C14H16N2O3S/c1-9(13-15-10(2)16-19-13)20-8-11-5-4-6-12(7-11)14(17)18-3/h4-7,9H,8H2,1-3H3. The summed E-state index contributed by atoms with van der Waals surface area (Å²) in [6.07, 6.45) is 0. The molecule has 106 valence electrons. The highest BCUT2D eigenvalue weighted by molar-refractivity contribution is 7.98. The number of aryl methyl sites for hydroxylation is 1. The average molecular weight is 292 g/mol. The number of esters is 1. The summed E-state index contributed by atoms with van der Waals surface area (Å²) in [6, 6.07) is 7.41. The molecule has 1 aromatic heterocycles. The fourth-order valence-electron chi connectivity index (χ4n) is 1.68. The van der Waals surface area contributed by atoms with E-state index in [-0.39, 0.29) is 11.2 Å². The summed E-state index contributed by atoms with van der Waals surface area (Å²) in [5.74, 6) is 1.70. The van der Waals surface area contributed by atoms with Gasteiger partial charge in [-0.3, -0.25) is 0 Å². The van der Waals surface area contributed by atoms with Gasteiger partial charge in [-0.1, -0.05) is 17.3 Å². The molecule has 0 aliphatic carbocycles. The first-order valence-corrected chi connectivity index (χ1v) is 7.24. The number of hydrogen-bond acceptors (Lipinski definition) is 6. The summed E-state index contributed by atoms with van der Waals surface area (Å²) >= 11 is 1.68. The molecule has 2 rings (SSSR count). The van der Waals surface area contributed by atoms with E-state index >= 15 is 0 Å². The van der Waals surface area contributed by atoms with Gasteiger partial charge in [-0.2, -0.15) is 4.98 Å². The lowest BCUT2D eigenvalue weighted by Crippen LogP contribution is -2.01. The first kappa shape index (κ1) is 14.6. The monoisotopic (exact) mass is 292 g/mol. The van der Waals surface area contributed by atoms with E-state index in [0.29, 0.717) is 17.3 Å². The van der Waals surface area contributed by atoms with Gasteiger partial charge >= 0.3 is 5.97 Å². The third-order valence-electron chi connectivity index (χ3n) is 2.74. The van der Waals surface area contributed by atoms with Gasteiger partial charge in [-0.15, -0.1) is 11.8 Å². The van der Waals surface area contributed by atoms with Gasteiger partial charge in [0.15, 0.2) is 5.82 Å². The quantitative estimate of drug-likeness (QED) is 0.789. The van der Waals surface area contributed by atoms with Crippen molar-refractivity contribution in [3.63, 3.8) is 0 Å². The molecule has 0 radical (unpaired) electrons. The molecule has 0 N–H and O–H groups in total. The molecule has 5 nitrogen and oxygen atoms in total. The minimum absolute atomic E-state index is 0.109. The average Bonchev–Trinajstić information content (AvgIpc) is 2.91. The SMILES string of the molecule is COC(=O)c1cccc(CSC(C)c2nc(C)no2)c1. The van der Waals surface area contributed by atoms with Crippen LogP contribution in [0, 0.1) is 6.92 Å². The predicted octanol–water partition coefficient (Wildman–Crippen LogP) is 3.16. The lowest BCUT2D eigenvalue weighted by Gasteiger charge is -2.07.